The molecule has 7 N–H and O–H groups in total. The number of aromatic hydroxyl groups is 3. The van der Waals surface area contributed by atoms with Gasteiger partial charge < -0.3 is 50.4 Å². The smallest absolute Gasteiger partial charge is 0.302 e. The molecule has 7 rings (SSSR count). The summed E-state index contributed by atoms with van der Waals surface area (Å²) in [5.41, 5.74) is 8.52. The van der Waals surface area contributed by atoms with Crippen molar-refractivity contribution in [3.8, 4) is 28.7 Å². The Kier molecular flexibility index (Phi) is 12.9. The first kappa shape index (κ1) is 40.2. The van der Waals surface area contributed by atoms with Gasteiger partial charge >= 0.3 is 5.97 Å². The Morgan fingerprint density at radius 2 is 2.00 bits per heavy atom. The number of nitrogens with zero attached hydrogens (tertiary/aromatic N) is 2. The number of aromatic nitrogens is 1. The maximum atomic E-state index is 12.6. The number of rotatable bonds is 9. The lowest BCUT2D eigenvalue weighted by atomic mass is 9.70. The standard InChI is InChI=1S/C41H52N4O9S2/c1-24(47)52-34-20-33(27-18-32(49)38(50)36(19-27)51-15-10-25-4-3-12-43-22-25)54-39-29(34)7-9-37-30(39)16-26-6-8-31(48)35(17-26)53-28-5-2-11-41(21-28,23-55-56-37)45-40(42)44-13-14-46/h3-4,6,8,12,17-19,22,28-30,33-34,37,39,46,48-50H,2,5,7,9-11,13-16,20-21,23H2,1H3,(H3,42,44,45)/t28-,29+,30-,33+,34+,37-,39-,41-/m1/s1. The van der Waals surface area contributed by atoms with Gasteiger partial charge in [0, 0.05) is 61.4 Å². The molecule has 4 aliphatic rings. The molecule has 8 atom stereocenters. The van der Waals surface area contributed by atoms with Gasteiger partial charge in [-0.2, -0.15) is 0 Å². The topological polar surface area (TPSA) is 198 Å². The third-order valence-corrected chi connectivity index (χ3v) is 14.5. The van der Waals surface area contributed by atoms with Crippen molar-refractivity contribution in [2.75, 3.05) is 25.5 Å². The number of nitrogens with one attached hydrogen (secondary N) is 1. The molecule has 2 aliphatic carbocycles. The third kappa shape index (κ3) is 9.55. The van der Waals surface area contributed by atoms with Gasteiger partial charge in [-0.3, -0.25) is 14.8 Å². The number of aliphatic imine (C=N–C) groups is 1. The zero-order chi connectivity index (χ0) is 39.2. The maximum absolute atomic E-state index is 12.6. The van der Waals surface area contributed by atoms with Gasteiger partial charge in [0.05, 0.1) is 37.5 Å². The lowest BCUT2D eigenvalue weighted by Crippen LogP contribution is -2.57. The Bertz CT molecular complexity index is 1850. The number of phenolic OH excluding ortho intramolecular Hbond substituents is 3. The molecular formula is C41H52N4O9S2. The molecule has 4 bridgehead atoms. The number of esters is 1. The summed E-state index contributed by atoms with van der Waals surface area (Å²) in [4.78, 5) is 21.0. The quantitative estimate of drug-likeness (QED) is 0.0516. The van der Waals surface area contributed by atoms with Crippen LogP contribution in [0.1, 0.15) is 74.7 Å². The summed E-state index contributed by atoms with van der Waals surface area (Å²) in [5, 5.41) is 45.7. The van der Waals surface area contributed by atoms with E-state index in [1.54, 1.807) is 35.3 Å². The minimum atomic E-state index is -0.569. The first-order chi connectivity index (χ1) is 27.1. The number of ether oxygens (including phenoxy) is 4. The molecule has 56 heavy (non-hydrogen) atoms. The summed E-state index contributed by atoms with van der Waals surface area (Å²) in [5.74, 6) is 0.536. The predicted molar refractivity (Wildman–Crippen MR) is 215 cm³/mol. The molecule has 15 heteroatoms. The lowest BCUT2D eigenvalue weighted by molar-refractivity contribution is -0.191. The van der Waals surface area contributed by atoms with Gasteiger partial charge in [0.1, 0.15) is 12.2 Å². The van der Waals surface area contributed by atoms with E-state index < -0.39 is 17.7 Å². The monoisotopic (exact) mass is 808 g/mol. The van der Waals surface area contributed by atoms with Gasteiger partial charge in [-0.25, -0.2) is 0 Å². The van der Waals surface area contributed by atoms with Crippen LogP contribution < -0.4 is 20.5 Å². The van der Waals surface area contributed by atoms with Gasteiger partial charge in [-0.05, 0) is 85.5 Å². The molecule has 0 amide bonds. The summed E-state index contributed by atoms with van der Waals surface area (Å²) in [6.07, 6.45) is 8.51. The molecule has 3 heterocycles. The maximum Gasteiger partial charge on any atom is 0.302 e. The number of hydrogen-bond donors (Lipinski definition) is 6. The summed E-state index contributed by atoms with van der Waals surface area (Å²) >= 11 is 0. The molecule has 1 saturated heterocycles. The number of aliphatic hydroxyl groups is 1. The molecule has 0 radical (unpaired) electrons. The molecular weight excluding hydrogens is 757 g/mol. The highest BCUT2D eigenvalue weighted by Crippen LogP contribution is 2.52. The van der Waals surface area contributed by atoms with Crippen LogP contribution in [0.2, 0.25) is 0 Å². The van der Waals surface area contributed by atoms with E-state index in [0.717, 1.165) is 49.0 Å². The van der Waals surface area contributed by atoms with Gasteiger partial charge in [0.2, 0.25) is 5.75 Å². The Morgan fingerprint density at radius 3 is 2.80 bits per heavy atom. The second-order valence-corrected chi connectivity index (χ2v) is 18.0. The van der Waals surface area contributed by atoms with Crippen molar-refractivity contribution in [2.24, 2.45) is 22.6 Å². The largest absolute Gasteiger partial charge is 0.504 e. The molecule has 0 unspecified atom stereocenters. The molecule has 2 saturated carbocycles. The van der Waals surface area contributed by atoms with Crippen LogP contribution in [0.5, 0.6) is 28.7 Å². The van der Waals surface area contributed by atoms with Crippen LogP contribution in [0.15, 0.2) is 59.9 Å². The van der Waals surface area contributed by atoms with Gasteiger partial charge in [0.15, 0.2) is 29.0 Å². The van der Waals surface area contributed by atoms with E-state index >= 15 is 0 Å². The van der Waals surface area contributed by atoms with Crippen molar-refractivity contribution >= 4 is 33.5 Å². The number of carbonyl (C=O) groups excluding carboxylic acids is 1. The van der Waals surface area contributed by atoms with Crippen LogP contribution in [0.3, 0.4) is 0 Å². The minimum absolute atomic E-state index is 0.0226. The number of fused-ring (bicyclic) bond motifs is 7. The molecule has 2 aliphatic heterocycles. The number of carbonyl (C=O) groups is 1. The number of nitrogens with two attached hydrogens (primary N) is 1. The van der Waals surface area contributed by atoms with Crippen molar-refractivity contribution < 1.29 is 44.2 Å². The SMILES string of the molecule is CC(=O)O[C@H]1C[C@@H](c2cc(O)c(O)c(OCCc3cccnc3)c2)O[C@@H]2[C@H]1CC[C@H]1SSC[C@@]3(NC(N)=NCCO)CCC[C@H](C3)Oc3cc(ccc3O)C[C@@H]21. The normalized spacial score (nSPS) is 29.2. The number of benzene rings is 2. The van der Waals surface area contributed by atoms with E-state index in [-0.39, 0.29) is 78.0 Å². The first-order valence-corrected chi connectivity index (χ1v) is 21.8. The summed E-state index contributed by atoms with van der Waals surface area (Å²) < 4.78 is 25.7. The first-order valence-electron chi connectivity index (χ1n) is 19.5. The fourth-order valence-corrected chi connectivity index (χ4v) is 12.3. The van der Waals surface area contributed by atoms with Crippen molar-refractivity contribution in [1.29, 1.82) is 0 Å². The number of guanidine groups is 1. The number of hydrogen-bond acceptors (Lipinski definition) is 13. The fourth-order valence-electron chi connectivity index (χ4n) is 8.80. The van der Waals surface area contributed by atoms with E-state index in [1.165, 1.54) is 13.0 Å². The van der Waals surface area contributed by atoms with Crippen LogP contribution in [0, 0.1) is 11.8 Å². The fraction of sp³-hybridized carbons (Fsp3) is 0.537. The molecule has 3 fully saturated rings. The predicted octanol–water partition coefficient (Wildman–Crippen LogP) is 5.57. The molecule has 2 aromatic carbocycles. The second-order valence-electron chi connectivity index (χ2n) is 15.4. The summed E-state index contributed by atoms with van der Waals surface area (Å²) in [6, 6.07) is 12.6. The van der Waals surface area contributed by atoms with Crippen LogP contribution in [0.4, 0.5) is 0 Å². The highest BCUT2D eigenvalue weighted by Gasteiger charge is 2.50. The molecule has 0 spiro atoms. The zero-order valence-corrected chi connectivity index (χ0v) is 33.2. The second kappa shape index (κ2) is 18.0. The van der Waals surface area contributed by atoms with E-state index in [2.05, 4.69) is 15.3 Å². The summed E-state index contributed by atoms with van der Waals surface area (Å²) in [7, 11) is 3.64. The molecule has 3 aromatic rings. The van der Waals surface area contributed by atoms with Crippen molar-refractivity contribution in [2.45, 2.75) is 99.9 Å². The zero-order valence-electron chi connectivity index (χ0n) is 31.5. The van der Waals surface area contributed by atoms with E-state index in [0.29, 0.717) is 43.0 Å². The van der Waals surface area contributed by atoms with Gasteiger partial charge in [-0.1, -0.05) is 33.7 Å². The Hall–Kier alpha value is -4.05. The average Bonchev–Trinajstić information content (AvgIpc) is 3.18. The molecule has 13 nitrogen and oxygen atoms in total. The average molecular weight is 809 g/mol. The van der Waals surface area contributed by atoms with Crippen LogP contribution in [0.25, 0.3) is 0 Å². The van der Waals surface area contributed by atoms with Crippen molar-refractivity contribution in [1.82, 2.24) is 10.3 Å². The highest BCUT2D eigenvalue weighted by atomic mass is 33.1. The van der Waals surface area contributed by atoms with Gasteiger partial charge in [0.25, 0.3) is 0 Å². The van der Waals surface area contributed by atoms with Gasteiger partial charge in [-0.15, -0.1) is 0 Å². The Balaban J connectivity index is 1.19. The number of phenols is 3. The van der Waals surface area contributed by atoms with Crippen LogP contribution >= 0.6 is 21.6 Å². The molecule has 1 aromatic heterocycles. The Morgan fingerprint density at radius 1 is 1.12 bits per heavy atom. The lowest BCUT2D eigenvalue weighted by Gasteiger charge is -2.50. The molecule has 302 valence electrons. The third-order valence-electron chi connectivity index (χ3n) is 11.4. The van der Waals surface area contributed by atoms with Crippen molar-refractivity contribution in [3.63, 3.8) is 0 Å². The number of aliphatic hydroxyl groups excluding tert-OH is 1. The Labute approximate surface area is 335 Å². The number of pyridine rings is 1. The van der Waals surface area contributed by atoms with E-state index in [9.17, 15) is 25.2 Å². The van der Waals surface area contributed by atoms with Crippen LogP contribution in [-0.2, 0) is 27.1 Å². The van der Waals surface area contributed by atoms with E-state index in [4.69, 9.17) is 24.7 Å². The highest BCUT2D eigenvalue weighted by molar-refractivity contribution is 8.77. The van der Waals surface area contributed by atoms with E-state index in [1.807, 2.05) is 35.1 Å². The van der Waals surface area contributed by atoms with Crippen molar-refractivity contribution in [3.05, 3.63) is 71.5 Å². The summed E-state index contributed by atoms with van der Waals surface area (Å²) in [6.45, 7) is 1.80. The minimum Gasteiger partial charge on any atom is -0.504 e. The van der Waals surface area contributed by atoms with Crippen LogP contribution in [-0.4, -0.2) is 92.0 Å².